The largest absolute Gasteiger partial charge is 3.00 e. The maximum atomic E-state index is 6.16. The molecule has 4 aromatic carbocycles. The van der Waals surface area contributed by atoms with Gasteiger partial charge in [0, 0.05) is 5.56 Å². The first kappa shape index (κ1) is 24.3. The van der Waals surface area contributed by atoms with Crippen LogP contribution in [0, 0.1) is 6.92 Å². The number of hydrogen-bond acceptors (Lipinski definition) is 1. The van der Waals surface area contributed by atoms with Gasteiger partial charge >= 0.3 is 26.2 Å². The van der Waals surface area contributed by atoms with Gasteiger partial charge in [-0.1, -0.05) is 77.9 Å². The molecule has 1 nitrogen and oxygen atoms in total. The number of hydrogen-bond donors (Lipinski definition) is 0. The molecule has 5 rings (SSSR count). The molecule has 5 aromatic rings. The summed E-state index contributed by atoms with van der Waals surface area (Å²) in [7, 11) is 0. The predicted molar refractivity (Wildman–Crippen MR) is 113 cm³/mol. The topological polar surface area (TPSA) is 13.1 Å². The minimum atomic E-state index is 0. The minimum absolute atomic E-state index is 0. The van der Waals surface area contributed by atoms with Crippen LogP contribution in [0.4, 0.5) is 0 Å². The van der Waals surface area contributed by atoms with Crippen LogP contribution in [0.2, 0.25) is 0 Å². The maximum Gasteiger partial charge on any atom is 3.00 e. The van der Waals surface area contributed by atoms with Crippen LogP contribution in [-0.2, 0) is 26.2 Å². The minimum Gasteiger partial charge on any atom is -1.00 e. The Labute approximate surface area is 208 Å². The van der Waals surface area contributed by atoms with Crippen LogP contribution >= 0.6 is 0 Å². The molecule has 1 aromatic heterocycles. The van der Waals surface area contributed by atoms with Crippen molar-refractivity contribution in [2.75, 3.05) is 0 Å². The standard InChI is InChI=1S/C26H19O.2ClH.Zr/c1-18-12-13-21-16-22(17-23(21)26(18)20-10-6-3-7-11-20)25-15-14-24(27-25)19-8-4-2-5-9-19;;;/h2-17H,1H3;2*1H;/q-1;;;+3/p-2. The van der Waals surface area contributed by atoms with Gasteiger partial charge in [-0.2, -0.15) is 0 Å². The van der Waals surface area contributed by atoms with Crippen molar-refractivity contribution in [2.45, 2.75) is 6.92 Å². The van der Waals surface area contributed by atoms with Crippen LogP contribution in [0.15, 0.2) is 101 Å². The van der Waals surface area contributed by atoms with E-state index in [1.54, 1.807) is 0 Å². The normalized spacial score (nSPS) is 10.0. The Morgan fingerprint density at radius 1 is 0.667 bits per heavy atom. The third-order valence-electron chi connectivity index (χ3n) is 5.11. The van der Waals surface area contributed by atoms with Crippen LogP contribution in [0.5, 0.6) is 0 Å². The fourth-order valence-electron chi connectivity index (χ4n) is 3.77. The Bertz CT molecular complexity index is 1220. The molecule has 0 unspecified atom stereocenters. The Kier molecular flexibility index (Phi) is 8.38. The molecule has 0 fully saturated rings. The number of fused-ring (bicyclic) bond motifs is 1. The SMILES string of the molecule is Cc1ccc2[cH-]c(-c3ccc(-c4ccccc4)o3)cc2c1-c1ccccc1.[Cl-].[Cl-].[Zr+3]. The van der Waals surface area contributed by atoms with E-state index in [9.17, 15) is 0 Å². The maximum absolute atomic E-state index is 6.16. The van der Waals surface area contributed by atoms with Gasteiger partial charge in [-0.05, 0) is 30.2 Å². The Balaban J connectivity index is 0.00000107. The zero-order valence-electron chi connectivity index (χ0n) is 16.4. The molecule has 0 aliphatic carbocycles. The second-order valence-electron chi connectivity index (χ2n) is 6.90. The molecule has 0 amide bonds. The molecule has 1 heterocycles. The average molecular weight is 510 g/mol. The summed E-state index contributed by atoms with van der Waals surface area (Å²) in [5.41, 5.74) is 6.06. The molecule has 0 spiro atoms. The molecule has 0 aliphatic rings. The first-order chi connectivity index (χ1) is 13.3. The summed E-state index contributed by atoms with van der Waals surface area (Å²) in [6.07, 6.45) is 0. The zero-order valence-corrected chi connectivity index (χ0v) is 20.4. The van der Waals surface area contributed by atoms with Gasteiger partial charge < -0.3 is 29.2 Å². The third-order valence-corrected chi connectivity index (χ3v) is 5.11. The molecule has 0 saturated carbocycles. The number of aryl methyl sites for hydroxylation is 1. The van der Waals surface area contributed by atoms with Crippen molar-refractivity contribution in [3.05, 3.63) is 103 Å². The summed E-state index contributed by atoms with van der Waals surface area (Å²) in [4.78, 5) is 0. The van der Waals surface area contributed by atoms with E-state index in [-0.39, 0.29) is 51.0 Å². The van der Waals surface area contributed by atoms with Crippen molar-refractivity contribution in [2.24, 2.45) is 0 Å². The predicted octanol–water partition coefficient (Wildman–Crippen LogP) is 1.47. The van der Waals surface area contributed by atoms with Crippen LogP contribution in [0.1, 0.15) is 5.56 Å². The molecule has 4 heteroatoms. The van der Waals surface area contributed by atoms with Crippen LogP contribution in [0.3, 0.4) is 0 Å². The molecule has 0 saturated heterocycles. The van der Waals surface area contributed by atoms with Crippen LogP contribution in [0.25, 0.3) is 44.5 Å². The van der Waals surface area contributed by atoms with Gasteiger partial charge in [-0.25, -0.2) is 0 Å². The first-order valence-electron chi connectivity index (χ1n) is 9.21. The zero-order chi connectivity index (χ0) is 18.2. The fourth-order valence-corrected chi connectivity index (χ4v) is 3.77. The number of halogens is 2. The van der Waals surface area contributed by atoms with Crippen molar-refractivity contribution in [3.8, 4) is 33.8 Å². The van der Waals surface area contributed by atoms with Crippen molar-refractivity contribution in [1.82, 2.24) is 0 Å². The van der Waals surface area contributed by atoms with E-state index < -0.39 is 0 Å². The molecule has 147 valence electrons. The van der Waals surface area contributed by atoms with E-state index in [2.05, 4.69) is 79.7 Å². The van der Waals surface area contributed by atoms with Gasteiger partial charge in [0.25, 0.3) is 0 Å². The summed E-state index contributed by atoms with van der Waals surface area (Å²) in [6.45, 7) is 2.18. The van der Waals surface area contributed by atoms with Crippen molar-refractivity contribution < 1.29 is 55.4 Å². The number of furan rings is 1. The van der Waals surface area contributed by atoms with Gasteiger partial charge in [-0.15, -0.1) is 29.0 Å². The van der Waals surface area contributed by atoms with Gasteiger partial charge in [0.05, 0.1) is 5.76 Å². The van der Waals surface area contributed by atoms with Gasteiger partial charge in [-0.3, -0.25) is 0 Å². The van der Waals surface area contributed by atoms with Crippen molar-refractivity contribution >= 4 is 10.8 Å². The second-order valence-corrected chi connectivity index (χ2v) is 6.90. The molecular weight excluding hydrogens is 490 g/mol. The molecule has 0 atom stereocenters. The summed E-state index contributed by atoms with van der Waals surface area (Å²) in [6, 6.07) is 33.8. The molecular formula is C26H19Cl2OZr. The Morgan fingerprint density at radius 3 is 1.93 bits per heavy atom. The third kappa shape index (κ3) is 4.52. The second kappa shape index (κ2) is 10.4. The van der Waals surface area contributed by atoms with E-state index in [0.717, 1.165) is 22.6 Å². The summed E-state index contributed by atoms with van der Waals surface area (Å²) in [5, 5.41) is 2.51. The van der Waals surface area contributed by atoms with E-state index >= 15 is 0 Å². The van der Waals surface area contributed by atoms with Crippen molar-refractivity contribution in [1.29, 1.82) is 0 Å². The molecule has 1 radical (unpaired) electrons. The molecule has 0 aliphatic heterocycles. The van der Waals surface area contributed by atoms with Gasteiger partial charge in [0.2, 0.25) is 0 Å². The first-order valence-corrected chi connectivity index (χ1v) is 9.21. The Hall–Kier alpha value is -1.99. The number of rotatable bonds is 3. The van der Waals surface area contributed by atoms with Crippen LogP contribution in [-0.4, -0.2) is 0 Å². The fraction of sp³-hybridized carbons (Fsp3) is 0.0385. The van der Waals surface area contributed by atoms with Gasteiger partial charge in [0.15, 0.2) is 0 Å². The number of benzene rings is 3. The molecule has 30 heavy (non-hydrogen) atoms. The summed E-state index contributed by atoms with van der Waals surface area (Å²) in [5.74, 6) is 1.80. The van der Waals surface area contributed by atoms with E-state index in [4.69, 9.17) is 4.42 Å². The monoisotopic (exact) mass is 507 g/mol. The summed E-state index contributed by atoms with van der Waals surface area (Å²) < 4.78 is 6.16. The van der Waals surface area contributed by atoms with E-state index in [1.165, 1.54) is 27.5 Å². The smallest absolute Gasteiger partial charge is 1.00 e. The molecule has 0 N–H and O–H groups in total. The van der Waals surface area contributed by atoms with E-state index in [0.29, 0.717) is 0 Å². The molecule has 0 bridgehead atoms. The Morgan fingerprint density at radius 2 is 1.27 bits per heavy atom. The van der Waals surface area contributed by atoms with Crippen LogP contribution < -0.4 is 24.8 Å². The average Bonchev–Trinajstić information content (AvgIpc) is 3.36. The van der Waals surface area contributed by atoms with Gasteiger partial charge in [0.1, 0.15) is 5.76 Å². The summed E-state index contributed by atoms with van der Waals surface area (Å²) >= 11 is 0. The quantitative estimate of drug-likeness (QED) is 0.336. The van der Waals surface area contributed by atoms with Crippen molar-refractivity contribution in [3.63, 3.8) is 0 Å². The van der Waals surface area contributed by atoms with E-state index in [1.807, 2.05) is 24.3 Å².